The molecule has 0 aliphatic rings. The number of benzene rings is 2. The highest BCUT2D eigenvalue weighted by atomic mass is 32.1. The van der Waals surface area contributed by atoms with Crippen LogP contribution in [0.25, 0.3) is 5.69 Å². The Morgan fingerprint density at radius 2 is 1.71 bits per heavy atom. The summed E-state index contributed by atoms with van der Waals surface area (Å²) in [4.78, 5) is 0. The molecule has 0 radical (unpaired) electrons. The summed E-state index contributed by atoms with van der Waals surface area (Å²) in [7, 11) is 0. The highest BCUT2D eigenvalue weighted by Crippen LogP contribution is 2.18. The maximum atomic E-state index is 9.82. The zero-order valence-electron chi connectivity index (χ0n) is 11.4. The van der Waals surface area contributed by atoms with E-state index in [9.17, 15) is 5.11 Å². The fraction of sp³-hybridized carbons (Fsp3) is 0.125. The Balaban J connectivity index is 1.88. The second-order valence-electron chi connectivity index (χ2n) is 4.74. The number of H-pyrrole nitrogens is 1. The molecule has 3 aromatic rings. The van der Waals surface area contributed by atoms with Crippen LogP contribution in [0.3, 0.4) is 0 Å². The van der Waals surface area contributed by atoms with Gasteiger partial charge in [0.25, 0.3) is 0 Å². The lowest BCUT2D eigenvalue weighted by atomic mass is 10.1. The lowest BCUT2D eigenvalue weighted by molar-refractivity contribution is 0.467. The molecular weight excluding hydrogens is 282 g/mol. The van der Waals surface area contributed by atoms with Crippen molar-refractivity contribution in [1.29, 1.82) is 0 Å². The minimum atomic E-state index is 0.317. The number of nitrogens with one attached hydrogen (secondary N) is 1. The number of phenolic OH excluding ortho intramolecular Hbond substituents is 1. The molecule has 0 fully saturated rings. The van der Waals surface area contributed by atoms with Gasteiger partial charge in [0, 0.05) is 12.1 Å². The summed E-state index contributed by atoms with van der Waals surface area (Å²) in [6.45, 7) is 0. The minimum Gasteiger partial charge on any atom is -0.508 e. The van der Waals surface area contributed by atoms with Gasteiger partial charge in [0.05, 0.1) is 0 Å². The SMILES string of the molecule is Oc1ccccc1CCc1n[nH]c(=S)n1-c1ccccc1. The van der Waals surface area contributed by atoms with Gasteiger partial charge in [0.15, 0.2) is 4.77 Å². The first kappa shape index (κ1) is 13.6. The molecule has 3 rings (SSSR count). The van der Waals surface area contributed by atoms with Crippen molar-refractivity contribution in [3.8, 4) is 11.4 Å². The molecule has 0 spiro atoms. The van der Waals surface area contributed by atoms with Crippen LogP contribution in [0.1, 0.15) is 11.4 Å². The van der Waals surface area contributed by atoms with Gasteiger partial charge in [-0.25, -0.2) is 0 Å². The van der Waals surface area contributed by atoms with E-state index >= 15 is 0 Å². The molecule has 0 saturated carbocycles. The predicted octanol–water partition coefficient (Wildman–Crippen LogP) is 3.42. The van der Waals surface area contributed by atoms with Gasteiger partial charge in [-0.2, -0.15) is 5.10 Å². The van der Waals surface area contributed by atoms with Crippen LogP contribution in [0, 0.1) is 4.77 Å². The Morgan fingerprint density at radius 3 is 2.48 bits per heavy atom. The number of phenols is 1. The summed E-state index contributed by atoms with van der Waals surface area (Å²) < 4.78 is 2.50. The lowest BCUT2D eigenvalue weighted by Gasteiger charge is -2.07. The Hall–Kier alpha value is -2.40. The maximum Gasteiger partial charge on any atom is 0.199 e. The molecule has 4 nitrogen and oxygen atoms in total. The van der Waals surface area contributed by atoms with Gasteiger partial charge >= 0.3 is 0 Å². The first-order valence-electron chi connectivity index (χ1n) is 6.74. The normalized spacial score (nSPS) is 10.7. The second kappa shape index (κ2) is 5.93. The van der Waals surface area contributed by atoms with Crippen molar-refractivity contribution < 1.29 is 5.11 Å². The van der Waals surface area contributed by atoms with Gasteiger partial charge < -0.3 is 5.11 Å². The fourth-order valence-electron chi connectivity index (χ4n) is 2.31. The molecule has 0 aliphatic carbocycles. The highest BCUT2D eigenvalue weighted by molar-refractivity contribution is 7.71. The lowest BCUT2D eigenvalue weighted by Crippen LogP contribution is -2.03. The van der Waals surface area contributed by atoms with Gasteiger partial charge in [-0.3, -0.25) is 9.67 Å². The third-order valence-electron chi connectivity index (χ3n) is 3.37. The van der Waals surface area contributed by atoms with Crippen LogP contribution < -0.4 is 0 Å². The molecule has 0 aliphatic heterocycles. The average Bonchev–Trinajstić information content (AvgIpc) is 2.88. The Labute approximate surface area is 127 Å². The third kappa shape index (κ3) is 2.87. The van der Waals surface area contributed by atoms with Crippen LogP contribution >= 0.6 is 12.2 Å². The van der Waals surface area contributed by atoms with Crippen LogP contribution in [0.2, 0.25) is 0 Å². The number of aromatic nitrogens is 3. The van der Waals surface area contributed by atoms with Crippen molar-refractivity contribution in [2.24, 2.45) is 0 Å². The molecule has 0 atom stereocenters. The van der Waals surface area contributed by atoms with E-state index in [1.165, 1.54) is 0 Å². The summed E-state index contributed by atoms with van der Waals surface area (Å²) in [5, 5.41) is 17.0. The standard InChI is InChI=1S/C16H15N3OS/c20-14-9-5-4-6-12(14)10-11-15-17-18-16(21)19(15)13-7-2-1-3-8-13/h1-9,20H,10-11H2,(H,18,21). The van der Waals surface area contributed by atoms with E-state index in [0.717, 1.165) is 17.1 Å². The van der Waals surface area contributed by atoms with Crippen LogP contribution in [0.15, 0.2) is 54.6 Å². The van der Waals surface area contributed by atoms with Crippen molar-refractivity contribution in [2.75, 3.05) is 0 Å². The van der Waals surface area contributed by atoms with Gasteiger partial charge in [0.2, 0.25) is 0 Å². The van der Waals surface area contributed by atoms with E-state index in [0.29, 0.717) is 23.4 Å². The Morgan fingerprint density at radius 1 is 1.00 bits per heavy atom. The molecule has 1 heterocycles. The summed E-state index contributed by atoms with van der Waals surface area (Å²) in [6, 6.07) is 17.3. The highest BCUT2D eigenvalue weighted by Gasteiger charge is 2.09. The number of aryl methyl sites for hydroxylation is 2. The predicted molar refractivity (Wildman–Crippen MR) is 84.3 cm³/mol. The van der Waals surface area contributed by atoms with Crippen LogP contribution in [0.4, 0.5) is 0 Å². The summed E-state index contributed by atoms with van der Waals surface area (Å²) in [6.07, 6.45) is 1.40. The topological polar surface area (TPSA) is 53.8 Å². The summed E-state index contributed by atoms with van der Waals surface area (Å²) in [5.74, 6) is 1.17. The number of para-hydroxylation sites is 2. The molecular formula is C16H15N3OS. The fourth-order valence-corrected chi connectivity index (χ4v) is 2.57. The first-order chi connectivity index (χ1) is 10.3. The molecule has 5 heteroatoms. The molecule has 0 saturated heterocycles. The maximum absolute atomic E-state index is 9.82. The van der Waals surface area contributed by atoms with Crippen molar-refractivity contribution >= 4 is 12.2 Å². The Kier molecular flexibility index (Phi) is 3.83. The number of hydrogen-bond acceptors (Lipinski definition) is 3. The van der Waals surface area contributed by atoms with E-state index in [4.69, 9.17) is 12.2 Å². The molecule has 0 bridgehead atoms. The van der Waals surface area contributed by atoms with E-state index < -0.39 is 0 Å². The van der Waals surface area contributed by atoms with Crippen molar-refractivity contribution in [3.05, 3.63) is 70.8 Å². The molecule has 2 N–H and O–H groups in total. The van der Waals surface area contributed by atoms with Gasteiger partial charge in [-0.05, 0) is 42.4 Å². The minimum absolute atomic E-state index is 0.317. The summed E-state index contributed by atoms with van der Waals surface area (Å²) in [5.41, 5.74) is 1.90. The van der Waals surface area contributed by atoms with Crippen LogP contribution in [-0.2, 0) is 12.8 Å². The van der Waals surface area contributed by atoms with Crippen molar-refractivity contribution in [2.45, 2.75) is 12.8 Å². The van der Waals surface area contributed by atoms with Gasteiger partial charge in [-0.15, -0.1) is 0 Å². The van der Waals surface area contributed by atoms with E-state index in [1.54, 1.807) is 6.07 Å². The second-order valence-corrected chi connectivity index (χ2v) is 5.13. The molecule has 0 unspecified atom stereocenters. The quantitative estimate of drug-likeness (QED) is 0.726. The van der Waals surface area contributed by atoms with E-state index in [1.807, 2.05) is 53.1 Å². The zero-order chi connectivity index (χ0) is 14.7. The largest absolute Gasteiger partial charge is 0.508 e. The monoisotopic (exact) mass is 297 g/mol. The average molecular weight is 297 g/mol. The molecule has 1 aromatic heterocycles. The number of rotatable bonds is 4. The zero-order valence-corrected chi connectivity index (χ0v) is 12.2. The van der Waals surface area contributed by atoms with Gasteiger partial charge in [-0.1, -0.05) is 36.4 Å². The third-order valence-corrected chi connectivity index (χ3v) is 3.64. The van der Waals surface area contributed by atoms with Crippen LogP contribution in [0.5, 0.6) is 5.75 Å². The number of nitrogens with zero attached hydrogens (tertiary/aromatic N) is 2. The Bertz CT molecular complexity index is 793. The van der Waals surface area contributed by atoms with E-state index in [2.05, 4.69) is 10.2 Å². The molecule has 0 amide bonds. The number of aromatic hydroxyl groups is 1. The molecule has 2 aromatic carbocycles. The summed E-state index contributed by atoms with van der Waals surface area (Å²) >= 11 is 5.31. The molecule has 21 heavy (non-hydrogen) atoms. The molecule has 106 valence electrons. The first-order valence-corrected chi connectivity index (χ1v) is 7.15. The smallest absolute Gasteiger partial charge is 0.199 e. The van der Waals surface area contributed by atoms with Crippen molar-refractivity contribution in [3.63, 3.8) is 0 Å². The van der Waals surface area contributed by atoms with E-state index in [-0.39, 0.29) is 0 Å². The van der Waals surface area contributed by atoms with Crippen molar-refractivity contribution in [1.82, 2.24) is 14.8 Å². The van der Waals surface area contributed by atoms with Gasteiger partial charge in [0.1, 0.15) is 11.6 Å². The number of hydrogen-bond donors (Lipinski definition) is 2. The number of aromatic amines is 1. The van der Waals surface area contributed by atoms with Crippen LogP contribution in [-0.4, -0.2) is 19.9 Å².